The van der Waals surface area contributed by atoms with Crippen LogP contribution < -0.4 is 5.43 Å². The Morgan fingerprint density at radius 1 is 1.17 bits per heavy atom. The van der Waals surface area contributed by atoms with Gasteiger partial charge in [0, 0.05) is 39.3 Å². The molecule has 0 spiro atoms. The van der Waals surface area contributed by atoms with Crippen LogP contribution in [0.2, 0.25) is 10.0 Å². The van der Waals surface area contributed by atoms with Crippen molar-refractivity contribution in [3.05, 3.63) is 91.2 Å². The molecule has 1 N–H and O–H groups in total. The van der Waals surface area contributed by atoms with Gasteiger partial charge in [-0.1, -0.05) is 29.3 Å². The minimum Gasteiger partial charge on any atom is -0.318 e. The van der Waals surface area contributed by atoms with E-state index in [1.165, 1.54) is 18.3 Å². The quantitative estimate of drug-likeness (QED) is 0.347. The summed E-state index contributed by atoms with van der Waals surface area (Å²) in [7, 11) is 0. The normalized spacial score (nSPS) is 11.0. The zero-order valence-electron chi connectivity index (χ0n) is 15.5. The molecule has 3 aromatic rings. The average molecular weight is 431 g/mol. The number of hydrazone groups is 1. The molecule has 0 bridgehead atoms. The van der Waals surface area contributed by atoms with Crippen molar-refractivity contribution in [2.45, 2.75) is 13.8 Å². The molecule has 2 aromatic carbocycles. The maximum absolute atomic E-state index is 12.2. The molecule has 1 aromatic heterocycles. The first-order valence-electron chi connectivity index (χ1n) is 8.50. The highest BCUT2D eigenvalue weighted by Crippen LogP contribution is 2.25. The van der Waals surface area contributed by atoms with Crippen molar-refractivity contribution in [2.24, 2.45) is 5.10 Å². The summed E-state index contributed by atoms with van der Waals surface area (Å²) < 4.78 is 2.03. The molecule has 7 nitrogen and oxygen atoms in total. The van der Waals surface area contributed by atoms with E-state index >= 15 is 0 Å². The number of halogens is 2. The topological polar surface area (TPSA) is 89.5 Å². The van der Waals surface area contributed by atoms with Gasteiger partial charge in [-0.25, -0.2) is 5.43 Å². The summed E-state index contributed by atoms with van der Waals surface area (Å²) >= 11 is 11.8. The van der Waals surface area contributed by atoms with E-state index < -0.39 is 10.8 Å². The number of nitrogens with zero attached hydrogens (tertiary/aromatic N) is 3. The molecule has 9 heteroatoms. The van der Waals surface area contributed by atoms with Crippen molar-refractivity contribution >= 4 is 41.0 Å². The summed E-state index contributed by atoms with van der Waals surface area (Å²) in [5.41, 5.74) is 5.75. The van der Waals surface area contributed by atoms with E-state index in [-0.39, 0.29) is 16.3 Å². The number of hydrogen-bond donors (Lipinski definition) is 1. The Hall–Kier alpha value is -3.16. The Morgan fingerprint density at radius 3 is 2.62 bits per heavy atom. The predicted octanol–water partition coefficient (Wildman–Crippen LogP) is 5.07. The standard InChI is InChI=1S/C20H16Cl2N4O3/c1-12-8-15(13(2)25(12)17-5-3-4-16(21)10-17)11-23-24-20(27)14-6-7-18(22)19(9-14)26(28)29/h3-11H,1-2H3,(H,24,27)/b23-11-. The molecule has 29 heavy (non-hydrogen) atoms. The highest BCUT2D eigenvalue weighted by Gasteiger charge is 2.16. The average Bonchev–Trinajstić information content (AvgIpc) is 2.95. The van der Waals surface area contributed by atoms with Gasteiger partial charge < -0.3 is 4.57 Å². The molecular weight excluding hydrogens is 415 g/mol. The van der Waals surface area contributed by atoms with Crippen LogP contribution >= 0.6 is 23.2 Å². The number of nitro benzene ring substituents is 1. The molecule has 0 fully saturated rings. The van der Waals surface area contributed by atoms with Gasteiger partial charge in [-0.05, 0) is 50.2 Å². The van der Waals surface area contributed by atoms with Gasteiger partial charge in [0.15, 0.2) is 0 Å². The maximum Gasteiger partial charge on any atom is 0.288 e. The van der Waals surface area contributed by atoms with Gasteiger partial charge in [-0.3, -0.25) is 14.9 Å². The third kappa shape index (κ3) is 4.47. The Labute approximate surface area is 176 Å². The van der Waals surface area contributed by atoms with E-state index in [9.17, 15) is 14.9 Å². The number of carbonyl (C=O) groups is 1. The van der Waals surface area contributed by atoms with Crippen LogP contribution in [0, 0.1) is 24.0 Å². The smallest absolute Gasteiger partial charge is 0.288 e. The van der Waals surface area contributed by atoms with Crippen molar-refractivity contribution in [3.8, 4) is 5.69 Å². The predicted molar refractivity (Wildman–Crippen MR) is 113 cm³/mol. The first kappa shape index (κ1) is 20.6. The number of carbonyl (C=O) groups excluding carboxylic acids is 1. The number of hydrogen-bond acceptors (Lipinski definition) is 4. The third-order valence-electron chi connectivity index (χ3n) is 4.31. The van der Waals surface area contributed by atoms with Gasteiger partial charge in [0.1, 0.15) is 5.02 Å². The summed E-state index contributed by atoms with van der Waals surface area (Å²) in [5, 5.41) is 15.5. The highest BCUT2D eigenvalue weighted by atomic mass is 35.5. The van der Waals surface area contributed by atoms with E-state index in [1.54, 1.807) is 6.07 Å². The van der Waals surface area contributed by atoms with Gasteiger partial charge in [0.05, 0.1) is 11.1 Å². The molecule has 0 saturated carbocycles. The van der Waals surface area contributed by atoms with Crippen LogP contribution in [0.3, 0.4) is 0 Å². The lowest BCUT2D eigenvalue weighted by Crippen LogP contribution is -2.17. The molecule has 0 saturated heterocycles. The molecule has 148 valence electrons. The largest absolute Gasteiger partial charge is 0.318 e. The van der Waals surface area contributed by atoms with E-state index in [1.807, 2.05) is 42.7 Å². The van der Waals surface area contributed by atoms with Crippen LogP contribution in [-0.2, 0) is 0 Å². The Bertz CT molecular complexity index is 1140. The number of amides is 1. The molecule has 1 amide bonds. The highest BCUT2D eigenvalue weighted by molar-refractivity contribution is 6.32. The van der Waals surface area contributed by atoms with Crippen LogP contribution in [0.15, 0.2) is 53.6 Å². The van der Waals surface area contributed by atoms with E-state index in [2.05, 4.69) is 10.5 Å². The summed E-state index contributed by atoms with van der Waals surface area (Å²) in [6.07, 6.45) is 1.52. The van der Waals surface area contributed by atoms with Gasteiger partial charge >= 0.3 is 0 Å². The zero-order valence-corrected chi connectivity index (χ0v) is 17.0. The van der Waals surface area contributed by atoms with Crippen LogP contribution in [0.25, 0.3) is 5.69 Å². The number of rotatable bonds is 5. The molecule has 0 atom stereocenters. The van der Waals surface area contributed by atoms with Gasteiger partial charge in [-0.2, -0.15) is 5.10 Å². The lowest BCUT2D eigenvalue weighted by atomic mass is 10.2. The zero-order chi connectivity index (χ0) is 21.1. The minimum absolute atomic E-state index is 0.0384. The first-order valence-corrected chi connectivity index (χ1v) is 9.25. The fraction of sp³-hybridized carbons (Fsp3) is 0.100. The second-order valence-corrected chi connectivity index (χ2v) is 7.11. The molecule has 1 heterocycles. The summed E-state index contributed by atoms with van der Waals surface area (Å²) in [5.74, 6) is -0.579. The van der Waals surface area contributed by atoms with Gasteiger partial charge in [0.2, 0.25) is 0 Å². The van der Waals surface area contributed by atoms with Crippen LogP contribution in [0.1, 0.15) is 27.3 Å². The number of nitro groups is 1. The molecule has 0 aliphatic rings. The van der Waals surface area contributed by atoms with E-state index in [0.717, 1.165) is 28.7 Å². The summed E-state index contributed by atoms with van der Waals surface area (Å²) in [4.78, 5) is 22.5. The number of aromatic nitrogens is 1. The Morgan fingerprint density at radius 2 is 1.93 bits per heavy atom. The van der Waals surface area contributed by atoms with Crippen molar-refractivity contribution < 1.29 is 9.72 Å². The fourth-order valence-electron chi connectivity index (χ4n) is 2.95. The van der Waals surface area contributed by atoms with Gasteiger partial charge in [0.25, 0.3) is 11.6 Å². The fourth-order valence-corrected chi connectivity index (χ4v) is 3.32. The Kier molecular flexibility index (Phi) is 6.00. The molecule has 3 rings (SSSR count). The van der Waals surface area contributed by atoms with Crippen LogP contribution in [0.5, 0.6) is 0 Å². The maximum atomic E-state index is 12.2. The molecule has 0 aliphatic heterocycles. The lowest BCUT2D eigenvalue weighted by Gasteiger charge is -2.09. The van der Waals surface area contributed by atoms with Crippen molar-refractivity contribution in [1.82, 2.24) is 9.99 Å². The van der Waals surface area contributed by atoms with E-state index in [0.29, 0.717) is 5.02 Å². The second-order valence-electron chi connectivity index (χ2n) is 6.26. The Balaban J connectivity index is 1.79. The SMILES string of the molecule is Cc1cc(/C=N\NC(=O)c2ccc(Cl)c([N+](=O)[O-])c2)c(C)n1-c1cccc(Cl)c1. The van der Waals surface area contributed by atoms with Crippen LogP contribution in [-0.4, -0.2) is 21.6 Å². The molecule has 0 radical (unpaired) electrons. The van der Waals surface area contributed by atoms with Gasteiger partial charge in [-0.15, -0.1) is 0 Å². The molecular formula is C20H16Cl2N4O3. The van der Waals surface area contributed by atoms with Crippen molar-refractivity contribution in [3.63, 3.8) is 0 Å². The summed E-state index contributed by atoms with van der Waals surface area (Å²) in [6.45, 7) is 3.89. The van der Waals surface area contributed by atoms with E-state index in [4.69, 9.17) is 23.2 Å². The summed E-state index contributed by atoms with van der Waals surface area (Å²) in [6, 6.07) is 13.2. The minimum atomic E-state index is -0.646. The number of nitrogens with one attached hydrogen (secondary N) is 1. The second kappa shape index (κ2) is 8.46. The van der Waals surface area contributed by atoms with Crippen molar-refractivity contribution in [1.29, 1.82) is 0 Å². The van der Waals surface area contributed by atoms with Crippen molar-refractivity contribution in [2.75, 3.05) is 0 Å². The monoisotopic (exact) mass is 430 g/mol. The third-order valence-corrected chi connectivity index (χ3v) is 4.87. The van der Waals surface area contributed by atoms with Crippen LogP contribution in [0.4, 0.5) is 5.69 Å². The lowest BCUT2D eigenvalue weighted by molar-refractivity contribution is -0.384. The number of aryl methyl sites for hydroxylation is 1. The first-order chi connectivity index (χ1) is 13.8. The number of benzene rings is 2. The molecule has 0 unspecified atom stereocenters. The molecule has 0 aliphatic carbocycles.